The van der Waals surface area contributed by atoms with E-state index in [1.54, 1.807) is 6.07 Å². The van der Waals surface area contributed by atoms with Gasteiger partial charge in [-0.25, -0.2) is 4.39 Å². The van der Waals surface area contributed by atoms with Crippen molar-refractivity contribution in [3.8, 4) is 0 Å². The molecule has 0 fully saturated rings. The molecule has 2 heterocycles. The highest BCUT2D eigenvalue weighted by atomic mass is 32.1. The van der Waals surface area contributed by atoms with Gasteiger partial charge in [0.2, 0.25) is 5.91 Å². The van der Waals surface area contributed by atoms with Gasteiger partial charge in [0.05, 0.1) is 12.5 Å². The molecule has 0 saturated heterocycles. The van der Waals surface area contributed by atoms with Gasteiger partial charge in [-0.1, -0.05) is 12.1 Å². The molecule has 24 heavy (non-hydrogen) atoms. The molecule has 0 radical (unpaired) electrons. The Balaban J connectivity index is 1.40. The number of hydrogen-bond donors (Lipinski definition) is 2. The molecule has 1 atom stereocenters. The maximum Gasteiger partial charge on any atom is 0.223 e. The Bertz CT molecular complexity index is 704. The van der Waals surface area contributed by atoms with Crippen molar-refractivity contribution in [3.63, 3.8) is 0 Å². The van der Waals surface area contributed by atoms with E-state index in [2.05, 4.69) is 21.7 Å². The van der Waals surface area contributed by atoms with Crippen LogP contribution in [0.15, 0.2) is 35.7 Å². The zero-order valence-corrected chi connectivity index (χ0v) is 14.2. The molecule has 0 aliphatic carbocycles. The second-order valence-corrected chi connectivity index (χ2v) is 7.02. The zero-order chi connectivity index (χ0) is 16.9. The van der Waals surface area contributed by atoms with Crippen molar-refractivity contribution >= 4 is 17.2 Å². The number of aliphatic hydroxyl groups is 1. The third-order valence-electron chi connectivity index (χ3n) is 4.25. The van der Waals surface area contributed by atoms with Gasteiger partial charge in [-0.2, -0.15) is 0 Å². The molecule has 0 bridgehead atoms. The number of halogens is 1. The fourth-order valence-electron chi connectivity index (χ4n) is 2.93. The molecular formula is C18H21FN2O2S. The second kappa shape index (κ2) is 7.88. The minimum Gasteiger partial charge on any atom is -0.388 e. The van der Waals surface area contributed by atoms with Gasteiger partial charge in [-0.3, -0.25) is 9.69 Å². The smallest absolute Gasteiger partial charge is 0.223 e. The van der Waals surface area contributed by atoms with Crippen LogP contribution in [-0.2, 0) is 17.8 Å². The molecule has 1 aromatic carbocycles. The largest absolute Gasteiger partial charge is 0.388 e. The summed E-state index contributed by atoms with van der Waals surface area (Å²) in [7, 11) is 0. The molecule has 2 N–H and O–H groups in total. The SMILES string of the molecule is O=C(CC(O)c1cccc(F)c1)NCCN1CCc2sccc2C1. The van der Waals surface area contributed by atoms with E-state index in [0.717, 1.165) is 26.1 Å². The van der Waals surface area contributed by atoms with Crippen molar-refractivity contribution in [2.24, 2.45) is 0 Å². The van der Waals surface area contributed by atoms with E-state index < -0.39 is 11.9 Å². The van der Waals surface area contributed by atoms with Crippen molar-refractivity contribution in [2.45, 2.75) is 25.5 Å². The fourth-order valence-corrected chi connectivity index (χ4v) is 3.82. The Hall–Kier alpha value is -1.76. The lowest BCUT2D eigenvalue weighted by Gasteiger charge is -2.26. The van der Waals surface area contributed by atoms with E-state index in [9.17, 15) is 14.3 Å². The summed E-state index contributed by atoms with van der Waals surface area (Å²) in [6.45, 7) is 3.28. The summed E-state index contributed by atoms with van der Waals surface area (Å²) >= 11 is 1.81. The van der Waals surface area contributed by atoms with Crippen LogP contribution in [0.1, 0.15) is 28.5 Å². The number of benzene rings is 1. The number of carbonyl (C=O) groups is 1. The first-order chi connectivity index (χ1) is 11.6. The standard InChI is InChI=1S/C18H21FN2O2S/c19-15-3-1-2-13(10-15)16(22)11-18(23)20-6-8-21-7-4-17-14(12-21)5-9-24-17/h1-3,5,9-10,16,22H,4,6-8,11-12H2,(H,20,23). The number of hydrogen-bond acceptors (Lipinski definition) is 4. The van der Waals surface area contributed by atoms with E-state index in [1.165, 1.54) is 28.6 Å². The van der Waals surface area contributed by atoms with E-state index in [0.29, 0.717) is 12.1 Å². The third-order valence-corrected chi connectivity index (χ3v) is 5.27. The first-order valence-electron chi connectivity index (χ1n) is 8.09. The summed E-state index contributed by atoms with van der Waals surface area (Å²) in [5.74, 6) is -0.634. The molecule has 2 aromatic rings. The molecule has 6 heteroatoms. The van der Waals surface area contributed by atoms with E-state index >= 15 is 0 Å². The Labute approximate surface area is 144 Å². The summed E-state index contributed by atoms with van der Waals surface area (Å²) in [4.78, 5) is 15.7. The summed E-state index contributed by atoms with van der Waals surface area (Å²) < 4.78 is 13.1. The van der Waals surface area contributed by atoms with Crippen molar-refractivity contribution < 1.29 is 14.3 Å². The molecule has 1 aromatic heterocycles. The molecular weight excluding hydrogens is 327 g/mol. The van der Waals surface area contributed by atoms with Gasteiger partial charge in [0.15, 0.2) is 0 Å². The normalized spacial score (nSPS) is 15.8. The van der Waals surface area contributed by atoms with Crippen molar-refractivity contribution in [1.29, 1.82) is 0 Å². The lowest BCUT2D eigenvalue weighted by molar-refractivity contribution is -0.123. The number of thiophene rings is 1. The van der Waals surface area contributed by atoms with Crippen molar-refractivity contribution in [3.05, 3.63) is 57.5 Å². The quantitative estimate of drug-likeness (QED) is 0.843. The number of rotatable bonds is 6. The van der Waals surface area contributed by atoms with Crippen LogP contribution in [-0.4, -0.2) is 35.5 Å². The molecule has 4 nitrogen and oxygen atoms in total. The van der Waals surface area contributed by atoms with Gasteiger partial charge in [-0.15, -0.1) is 11.3 Å². The second-order valence-electron chi connectivity index (χ2n) is 6.02. The maximum absolute atomic E-state index is 13.1. The molecule has 128 valence electrons. The highest BCUT2D eigenvalue weighted by molar-refractivity contribution is 7.10. The van der Waals surface area contributed by atoms with Crippen LogP contribution >= 0.6 is 11.3 Å². The average molecular weight is 348 g/mol. The minimum absolute atomic E-state index is 0.0574. The number of nitrogens with zero attached hydrogens (tertiary/aromatic N) is 1. The van der Waals surface area contributed by atoms with Crippen LogP contribution < -0.4 is 5.32 Å². The van der Waals surface area contributed by atoms with E-state index in [1.807, 2.05) is 11.3 Å². The van der Waals surface area contributed by atoms with Crippen LogP contribution in [0.4, 0.5) is 4.39 Å². The zero-order valence-electron chi connectivity index (χ0n) is 13.4. The molecule has 1 aliphatic rings. The highest BCUT2D eigenvalue weighted by Crippen LogP contribution is 2.23. The first-order valence-corrected chi connectivity index (χ1v) is 8.97. The van der Waals surface area contributed by atoms with Gasteiger partial charge in [-0.05, 0) is 41.1 Å². The molecule has 3 rings (SSSR count). The van der Waals surface area contributed by atoms with Gasteiger partial charge < -0.3 is 10.4 Å². The number of amides is 1. The molecule has 1 aliphatic heterocycles. The Morgan fingerprint density at radius 2 is 2.29 bits per heavy atom. The number of aliphatic hydroxyl groups excluding tert-OH is 1. The molecule has 1 amide bonds. The average Bonchev–Trinajstić information content (AvgIpc) is 3.02. The lowest BCUT2D eigenvalue weighted by atomic mass is 10.1. The Morgan fingerprint density at radius 1 is 1.42 bits per heavy atom. The van der Waals surface area contributed by atoms with Crippen LogP contribution in [0.25, 0.3) is 0 Å². The Morgan fingerprint density at radius 3 is 3.12 bits per heavy atom. The van der Waals surface area contributed by atoms with Gasteiger partial charge >= 0.3 is 0 Å². The predicted molar refractivity (Wildman–Crippen MR) is 92.3 cm³/mol. The first kappa shape index (κ1) is 17.1. The summed E-state index contributed by atoms with van der Waals surface area (Å²) in [5, 5.41) is 15.0. The van der Waals surface area contributed by atoms with Gasteiger partial charge in [0.1, 0.15) is 5.82 Å². The Kier molecular flexibility index (Phi) is 5.60. The number of fused-ring (bicyclic) bond motifs is 1. The minimum atomic E-state index is -0.982. The highest BCUT2D eigenvalue weighted by Gasteiger charge is 2.17. The molecule has 0 saturated carbocycles. The summed E-state index contributed by atoms with van der Waals surface area (Å²) in [5.41, 5.74) is 1.81. The lowest BCUT2D eigenvalue weighted by Crippen LogP contribution is -2.37. The van der Waals surface area contributed by atoms with Gasteiger partial charge in [0.25, 0.3) is 0 Å². The maximum atomic E-state index is 13.1. The fraction of sp³-hybridized carbons (Fsp3) is 0.389. The molecule has 0 spiro atoms. The summed E-state index contributed by atoms with van der Waals surface area (Å²) in [6, 6.07) is 7.88. The van der Waals surface area contributed by atoms with Crippen LogP contribution in [0.2, 0.25) is 0 Å². The third kappa shape index (κ3) is 4.41. The van der Waals surface area contributed by atoms with E-state index in [-0.39, 0.29) is 12.3 Å². The van der Waals surface area contributed by atoms with Crippen LogP contribution in [0, 0.1) is 5.82 Å². The predicted octanol–water partition coefficient (Wildman–Crippen LogP) is 2.49. The number of nitrogens with one attached hydrogen (secondary N) is 1. The van der Waals surface area contributed by atoms with Gasteiger partial charge in [0, 0.05) is 31.1 Å². The number of carbonyl (C=O) groups excluding carboxylic acids is 1. The van der Waals surface area contributed by atoms with Crippen molar-refractivity contribution in [1.82, 2.24) is 10.2 Å². The molecule has 1 unspecified atom stereocenters. The van der Waals surface area contributed by atoms with Crippen LogP contribution in [0.3, 0.4) is 0 Å². The monoisotopic (exact) mass is 348 g/mol. The topological polar surface area (TPSA) is 52.6 Å². The van der Waals surface area contributed by atoms with E-state index in [4.69, 9.17) is 0 Å². The summed E-state index contributed by atoms with van der Waals surface area (Å²) in [6.07, 6.45) is 0.0289. The van der Waals surface area contributed by atoms with Crippen molar-refractivity contribution in [2.75, 3.05) is 19.6 Å². The van der Waals surface area contributed by atoms with Crippen LogP contribution in [0.5, 0.6) is 0 Å².